The van der Waals surface area contributed by atoms with Crippen LogP contribution in [0.3, 0.4) is 0 Å². The number of aliphatic carboxylic acids is 1. The highest BCUT2D eigenvalue weighted by molar-refractivity contribution is 7.44. The van der Waals surface area contributed by atoms with Gasteiger partial charge in [-0.05, 0) is 25.7 Å². The molecule has 0 fully saturated rings. The SMILES string of the molecule is CCC(=O)O.CCCCC(CC)C[P+](=O)CC(CC)CCCC. The Kier molecular flexibility index (Phi) is 19.3. The van der Waals surface area contributed by atoms with E-state index in [1.54, 1.807) is 6.92 Å². The summed E-state index contributed by atoms with van der Waals surface area (Å²) in [7, 11) is -0.954. The molecular formula is C19H40O3P+. The van der Waals surface area contributed by atoms with Crippen molar-refractivity contribution in [3.05, 3.63) is 0 Å². The first-order valence-electron chi connectivity index (χ1n) is 9.58. The van der Waals surface area contributed by atoms with E-state index in [-0.39, 0.29) is 6.42 Å². The highest BCUT2D eigenvalue weighted by atomic mass is 31.1. The molecule has 0 rings (SSSR count). The number of carboxylic acids is 1. The van der Waals surface area contributed by atoms with Gasteiger partial charge in [0.15, 0.2) is 0 Å². The van der Waals surface area contributed by atoms with Gasteiger partial charge in [0.1, 0.15) is 12.3 Å². The molecule has 138 valence electrons. The van der Waals surface area contributed by atoms with Gasteiger partial charge in [-0.3, -0.25) is 4.79 Å². The second kappa shape index (κ2) is 17.9. The Morgan fingerprint density at radius 3 is 1.43 bits per heavy atom. The Morgan fingerprint density at radius 1 is 0.870 bits per heavy atom. The molecule has 3 nitrogen and oxygen atoms in total. The van der Waals surface area contributed by atoms with E-state index in [9.17, 15) is 9.36 Å². The van der Waals surface area contributed by atoms with Gasteiger partial charge in [0, 0.05) is 18.3 Å². The minimum absolute atomic E-state index is 0.222. The summed E-state index contributed by atoms with van der Waals surface area (Å²) in [5.41, 5.74) is 0. The van der Waals surface area contributed by atoms with Gasteiger partial charge in [-0.2, -0.15) is 0 Å². The van der Waals surface area contributed by atoms with Crippen LogP contribution >= 0.6 is 7.80 Å². The van der Waals surface area contributed by atoms with Crippen LogP contribution in [0, 0.1) is 11.8 Å². The van der Waals surface area contributed by atoms with Crippen molar-refractivity contribution in [1.82, 2.24) is 0 Å². The molecule has 0 saturated carbocycles. The third-order valence-corrected chi connectivity index (χ3v) is 6.16. The fourth-order valence-corrected chi connectivity index (χ4v) is 4.67. The van der Waals surface area contributed by atoms with E-state index in [4.69, 9.17) is 5.11 Å². The number of unbranched alkanes of at least 4 members (excludes halogenated alkanes) is 2. The molecule has 0 aromatic carbocycles. The lowest BCUT2D eigenvalue weighted by molar-refractivity contribution is -0.136. The maximum atomic E-state index is 12.3. The number of carbonyl (C=O) groups is 1. The Bertz CT molecular complexity index is 272. The largest absolute Gasteiger partial charge is 0.481 e. The average Bonchev–Trinajstić information content (AvgIpc) is 2.55. The van der Waals surface area contributed by atoms with E-state index >= 15 is 0 Å². The Morgan fingerprint density at radius 2 is 1.22 bits per heavy atom. The number of rotatable bonds is 13. The van der Waals surface area contributed by atoms with Crippen LogP contribution in [0.15, 0.2) is 0 Å². The molecule has 0 heterocycles. The van der Waals surface area contributed by atoms with Crippen molar-refractivity contribution < 1.29 is 14.5 Å². The molecule has 0 aliphatic heterocycles. The van der Waals surface area contributed by atoms with E-state index in [1.807, 2.05) is 0 Å². The molecule has 0 aliphatic carbocycles. The van der Waals surface area contributed by atoms with E-state index in [2.05, 4.69) is 27.7 Å². The highest BCUT2D eigenvalue weighted by Gasteiger charge is 2.25. The molecule has 0 bridgehead atoms. The van der Waals surface area contributed by atoms with Gasteiger partial charge in [0.05, 0.1) is 0 Å². The van der Waals surface area contributed by atoms with Crippen LogP contribution in [0.5, 0.6) is 0 Å². The molecule has 0 aromatic rings. The summed E-state index contributed by atoms with van der Waals surface area (Å²) in [6, 6.07) is 0. The fraction of sp³-hybridized carbons (Fsp3) is 0.947. The molecule has 0 radical (unpaired) electrons. The molecule has 0 aromatic heterocycles. The lowest BCUT2D eigenvalue weighted by atomic mass is 10.0. The Labute approximate surface area is 145 Å². The van der Waals surface area contributed by atoms with Gasteiger partial charge in [0.25, 0.3) is 0 Å². The van der Waals surface area contributed by atoms with Gasteiger partial charge < -0.3 is 5.11 Å². The van der Waals surface area contributed by atoms with E-state index < -0.39 is 13.8 Å². The lowest BCUT2D eigenvalue weighted by Crippen LogP contribution is -2.07. The zero-order valence-electron chi connectivity index (χ0n) is 16.1. The molecule has 1 N–H and O–H groups in total. The van der Waals surface area contributed by atoms with Crippen LogP contribution in [0.2, 0.25) is 0 Å². The monoisotopic (exact) mass is 347 g/mol. The van der Waals surface area contributed by atoms with Crippen molar-refractivity contribution in [3.63, 3.8) is 0 Å². The van der Waals surface area contributed by atoms with Crippen LogP contribution in [0.1, 0.15) is 92.4 Å². The molecule has 0 amide bonds. The van der Waals surface area contributed by atoms with Gasteiger partial charge in [-0.15, -0.1) is 0 Å². The quantitative estimate of drug-likeness (QED) is 0.376. The van der Waals surface area contributed by atoms with Gasteiger partial charge in [-0.25, -0.2) is 0 Å². The zero-order chi connectivity index (χ0) is 18.1. The average molecular weight is 348 g/mol. The van der Waals surface area contributed by atoms with E-state index in [1.165, 1.54) is 51.4 Å². The van der Waals surface area contributed by atoms with Crippen molar-refractivity contribution in [2.45, 2.75) is 92.4 Å². The third kappa shape index (κ3) is 17.8. The van der Waals surface area contributed by atoms with Crippen molar-refractivity contribution in [3.8, 4) is 0 Å². The molecule has 23 heavy (non-hydrogen) atoms. The fourth-order valence-electron chi connectivity index (χ4n) is 2.49. The van der Waals surface area contributed by atoms with Crippen LogP contribution in [-0.2, 0) is 9.36 Å². The predicted octanol–water partition coefficient (Wildman–Crippen LogP) is 6.73. The number of hydrogen-bond acceptors (Lipinski definition) is 2. The second-order valence-corrected chi connectivity index (χ2v) is 8.12. The van der Waals surface area contributed by atoms with Crippen molar-refractivity contribution in [2.75, 3.05) is 12.3 Å². The molecule has 0 aliphatic rings. The summed E-state index contributed by atoms with van der Waals surface area (Å²) in [6.45, 7) is 10.6. The summed E-state index contributed by atoms with van der Waals surface area (Å²) >= 11 is 0. The first kappa shape index (κ1) is 24.8. The first-order chi connectivity index (χ1) is 10.9. The zero-order valence-corrected chi connectivity index (χ0v) is 17.0. The molecular weight excluding hydrogens is 307 g/mol. The standard InChI is InChI=1S/C16H34OP.C3H6O2/c1-5-9-11-15(7-3)13-18(17)14-16(8-4)12-10-6-2;1-2-3(4)5/h15-16H,5-14H2,1-4H3;2H2,1H3,(H,4,5)/q+1;. The minimum atomic E-state index is -0.954. The number of carboxylic acid groups (broad SMARTS) is 1. The van der Waals surface area contributed by atoms with Gasteiger partial charge >= 0.3 is 13.8 Å². The van der Waals surface area contributed by atoms with Crippen LogP contribution < -0.4 is 0 Å². The van der Waals surface area contributed by atoms with Crippen LogP contribution in [-0.4, -0.2) is 23.4 Å². The Balaban J connectivity index is 0. The maximum absolute atomic E-state index is 12.3. The summed E-state index contributed by atoms with van der Waals surface area (Å²) in [4.78, 5) is 9.37. The maximum Gasteiger partial charge on any atom is 0.339 e. The van der Waals surface area contributed by atoms with Gasteiger partial charge in [-0.1, -0.05) is 64.9 Å². The lowest BCUT2D eigenvalue weighted by Gasteiger charge is -2.11. The Hall–Kier alpha value is -0.430. The molecule has 2 atom stereocenters. The normalized spacial score (nSPS) is 13.7. The molecule has 4 heteroatoms. The van der Waals surface area contributed by atoms with Gasteiger partial charge in [0.2, 0.25) is 0 Å². The summed E-state index contributed by atoms with van der Waals surface area (Å²) < 4.78 is 12.3. The predicted molar refractivity (Wildman–Crippen MR) is 102 cm³/mol. The van der Waals surface area contributed by atoms with E-state index in [0.717, 1.165) is 12.3 Å². The van der Waals surface area contributed by atoms with Crippen LogP contribution in [0.4, 0.5) is 0 Å². The summed E-state index contributed by atoms with van der Waals surface area (Å²) in [6.07, 6.45) is 12.3. The smallest absolute Gasteiger partial charge is 0.339 e. The van der Waals surface area contributed by atoms with Crippen molar-refractivity contribution in [2.24, 2.45) is 11.8 Å². The van der Waals surface area contributed by atoms with Crippen LogP contribution in [0.25, 0.3) is 0 Å². The molecule has 0 saturated heterocycles. The van der Waals surface area contributed by atoms with Crippen molar-refractivity contribution in [1.29, 1.82) is 0 Å². The van der Waals surface area contributed by atoms with E-state index in [0.29, 0.717) is 11.8 Å². The number of hydrogen-bond donors (Lipinski definition) is 1. The summed E-state index contributed by atoms with van der Waals surface area (Å²) in [5.74, 6) is 0.666. The third-order valence-electron chi connectivity index (χ3n) is 4.31. The summed E-state index contributed by atoms with van der Waals surface area (Å²) in [5, 5.41) is 7.72. The van der Waals surface area contributed by atoms with Crippen molar-refractivity contribution >= 4 is 13.8 Å². The first-order valence-corrected chi connectivity index (χ1v) is 11.2. The molecule has 0 spiro atoms. The molecule has 2 unspecified atom stereocenters. The topological polar surface area (TPSA) is 54.4 Å². The minimum Gasteiger partial charge on any atom is -0.481 e. The highest BCUT2D eigenvalue weighted by Crippen LogP contribution is 2.33. The second-order valence-electron chi connectivity index (χ2n) is 6.43.